The predicted octanol–water partition coefficient (Wildman–Crippen LogP) is 2.91. The molecule has 15 heavy (non-hydrogen) atoms. The zero-order valence-electron chi connectivity index (χ0n) is 9.07. The van der Waals surface area contributed by atoms with Crippen LogP contribution in [0.4, 0.5) is 0 Å². The summed E-state index contributed by atoms with van der Waals surface area (Å²) in [7, 11) is 0. The Morgan fingerprint density at radius 2 is 2.00 bits per heavy atom. The molecule has 0 aliphatic heterocycles. The third-order valence-electron chi connectivity index (χ3n) is 2.15. The van der Waals surface area contributed by atoms with Crippen molar-refractivity contribution in [2.24, 2.45) is 0 Å². The van der Waals surface area contributed by atoms with Gasteiger partial charge in [0, 0.05) is 0 Å². The third-order valence-corrected chi connectivity index (χ3v) is 2.15. The Labute approximate surface area is 90.6 Å². The minimum atomic E-state index is 0.273. The van der Waals surface area contributed by atoms with Crippen LogP contribution in [0.15, 0.2) is 30.3 Å². The molecule has 0 aliphatic rings. The molecular formula is C13H15O2. The highest BCUT2D eigenvalue weighted by molar-refractivity contribution is 5.50. The molecule has 79 valence electrons. The molecule has 0 unspecified atom stereocenters. The lowest BCUT2D eigenvalue weighted by molar-refractivity contribution is 0.314. The minimum Gasteiger partial charge on any atom is -0.453 e. The Kier molecular flexibility index (Phi) is 4.61. The maximum atomic E-state index is 9.75. The molecule has 0 amide bonds. The van der Waals surface area contributed by atoms with Crippen LogP contribution in [0, 0.1) is 0 Å². The standard InChI is InChI=1S/C13H15O2/c1-11(2)13-7-5-12(6-8-13)4-3-9-15-10-14/h3-8,11H,9H2,1-2H3. The first kappa shape index (κ1) is 11.5. The fraction of sp³-hybridized carbons (Fsp3) is 0.308. The second kappa shape index (κ2) is 6.02. The topological polar surface area (TPSA) is 26.3 Å². The summed E-state index contributed by atoms with van der Waals surface area (Å²) in [5.41, 5.74) is 2.43. The van der Waals surface area contributed by atoms with Gasteiger partial charge >= 0.3 is 6.47 Å². The Bertz CT molecular complexity index is 323. The predicted molar refractivity (Wildman–Crippen MR) is 61.2 cm³/mol. The maximum Gasteiger partial charge on any atom is 0.417 e. The molecule has 0 heterocycles. The van der Waals surface area contributed by atoms with E-state index >= 15 is 0 Å². The number of rotatable bonds is 5. The monoisotopic (exact) mass is 203 g/mol. The van der Waals surface area contributed by atoms with E-state index in [9.17, 15) is 4.79 Å². The van der Waals surface area contributed by atoms with Crippen LogP contribution in [-0.2, 0) is 9.53 Å². The van der Waals surface area contributed by atoms with Crippen molar-refractivity contribution in [1.29, 1.82) is 0 Å². The smallest absolute Gasteiger partial charge is 0.417 e. The van der Waals surface area contributed by atoms with Gasteiger partial charge in [-0.2, -0.15) is 0 Å². The molecule has 0 aliphatic carbocycles. The molecule has 0 saturated carbocycles. The van der Waals surface area contributed by atoms with Crippen LogP contribution in [0.25, 0.3) is 6.08 Å². The van der Waals surface area contributed by atoms with Gasteiger partial charge < -0.3 is 4.74 Å². The number of hydrogen-bond acceptors (Lipinski definition) is 2. The average molecular weight is 203 g/mol. The fourth-order valence-electron chi connectivity index (χ4n) is 1.26. The van der Waals surface area contributed by atoms with E-state index in [0.29, 0.717) is 5.92 Å². The van der Waals surface area contributed by atoms with Gasteiger partial charge in [0.2, 0.25) is 0 Å². The van der Waals surface area contributed by atoms with Crippen LogP contribution in [0.1, 0.15) is 30.9 Å². The lowest BCUT2D eigenvalue weighted by atomic mass is 10.0. The molecule has 0 saturated heterocycles. The first-order chi connectivity index (χ1) is 7.24. The number of hydrogen-bond donors (Lipinski definition) is 0. The van der Waals surface area contributed by atoms with Crippen molar-refractivity contribution in [3.63, 3.8) is 0 Å². The van der Waals surface area contributed by atoms with Gasteiger partial charge in [0.05, 0.1) is 0 Å². The first-order valence-corrected chi connectivity index (χ1v) is 4.99. The number of benzene rings is 1. The quantitative estimate of drug-likeness (QED) is 0.688. The van der Waals surface area contributed by atoms with Gasteiger partial charge in [0.15, 0.2) is 0 Å². The second-order valence-corrected chi connectivity index (χ2v) is 3.62. The van der Waals surface area contributed by atoms with Crippen LogP contribution < -0.4 is 0 Å². The number of carbonyl (C=O) groups excluding carboxylic acids is 1. The van der Waals surface area contributed by atoms with Crippen LogP contribution in [0.5, 0.6) is 0 Å². The van der Waals surface area contributed by atoms with Crippen molar-refractivity contribution in [2.75, 3.05) is 6.61 Å². The lowest BCUT2D eigenvalue weighted by Crippen LogP contribution is -1.87. The van der Waals surface area contributed by atoms with Crippen molar-refractivity contribution < 1.29 is 9.53 Å². The summed E-state index contributed by atoms with van der Waals surface area (Å²) in [4.78, 5) is 9.75. The third kappa shape index (κ3) is 3.98. The second-order valence-electron chi connectivity index (χ2n) is 3.62. The van der Waals surface area contributed by atoms with Gasteiger partial charge in [-0.3, -0.25) is 0 Å². The molecule has 0 fully saturated rings. The Balaban J connectivity index is 2.56. The molecule has 0 N–H and O–H groups in total. The van der Waals surface area contributed by atoms with Crippen molar-refractivity contribution in [2.45, 2.75) is 19.8 Å². The van der Waals surface area contributed by atoms with E-state index in [1.54, 1.807) is 6.08 Å². The zero-order valence-corrected chi connectivity index (χ0v) is 9.07. The van der Waals surface area contributed by atoms with Gasteiger partial charge in [-0.15, -0.1) is 0 Å². The Hall–Kier alpha value is -1.57. The van der Waals surface area contributed by atoms with Crippen molar-refractivity contribution >= 4 is 12.5 Å². The molecule has 2 heteroatoms. The van der Waals surface area contributed by atoms with E-state index in [-0.39, 0.29) is 6.61 Å². The van der Waals surface area contributed by atoms with E-state index in [2.05, 4.69) is 42.8 Å². The van der Waals surface area contributed by atoms with Crippen LogP contribution in [0.3, 0.4) is 0 Å². The highest BCUT2D eigenvalue weighted by Crippen LogP contribution is 2.15. The molecule has 0 spiro atoms. The van der Waals surface area contributed by atoms with Gasteiger partial charge in [0.25, 0.3) is 0 Å². The maximum absolute atomic E-state index is 9.75. The van der Waals surface area contributed by atoms with Crippen LogP contribution in [0.2, 0.25) is 0 Å². The van der Waals surface area contributed by atoms with Crippen molar-refractivity contribution in [1.82, 2.24) is 0 Å². The van der Waals surface area contributed by atoms with Crippen molar-refractivity contribution in [3.8, 4) is 0 Å². The molecule has 1 radical (unpaired) electrons. The van der Waals surface area contributed by atoms with E-state index in [0.717, 1.165) is 5.56 Å². The molecule has 1 aromatic rings. The fourth-order valence-corrected chi connectivity index (χ4v) is 1.26. The van der Waals surface area contributed by atoms with Crippen molar-refractivity contribution in [3.05, 3.63) is 41.5 Å². The highest BCUT2D eigenvalue weighted by Gasteiger charge is 1.96. The normalized spacial score (nSPS) is 10.9. The Morgan fingerprint density at radius 1 is 1.33 bits per heavy atom. The summed E-state index contributed by atoms with van der Waals surface area (Å²) < 4.78 is 4.42. The lowest BCUT2D eigenvalue weighted by Gasteiger charge is -2.04. The Morgan fingerprint density at radius 3 is 2.53 bits per heavy atom. The van der Waals surface area contributed by atoms with E-state index in [1.165, 1.54) is 12.0 Å². The largest absolute Gasteiger partial charge is 0.453 e. The van der Waals surface area contributed by atoms with E-state index in [4.69, 9.17) is 0 Å². The molecule has 0 aromatic heterocycles. The van der Waals surface area contributed by atoms with Gasteiger partial charge in [0.1, 0.15) is 6.61 Å². The number of ether oxygens (including phenoxy) is 1. The van der Waals surface area contributed by atoms with E-state index < -0.39 is 0 Å². The molecule has 0 bridgehead atoms. The van der Waals surface area contributed by atoms with Crippen LogP contribution >= 0.6 is 0 Å². The minimum absolute atomic E-state index is 0.273. The van der Waals surface area contributed by atoms with E-state index in [1.807, 2.05) is 6.08 Å². The van der Waals surface area contributed by atoms with Gasteiger partial charge in [-0.05, 0) is 23.1 Å². The molecule has 1 rings (SSSR count). The summed E-state index contributed by atoms with van der Waals surface area (Å²) in [6, 6.07) is 8.32. The highest BCUT2D eigenvalue weighted by atomic mass is 16.5. The molecule has 2 nitrogen and oxygen atoms in total. The summed E-state index contributed by atoms with van der Waals surface area (Å²) >= 11 is 0. The summed E-state index contributed by atoms with van der Waals surface area (Å²) in [6.45, 7) is 5.98. The SMILES string of the molecule is CC(C)c1ccc(C=CCO[C]=O)cc1. The molecular weight excluding hydrogens is 188 g/mol. The van der Waals surface area contributed by atoms with Gasteiger partial charge in [-0.1, -0.05) is 44.2 Å². The summed E-state index contributed by atoms with van der Waals surface area (Å²) in [6.07, 6.45) is 3.71. The summed E-state index contributed by atoms with van der Waals surface area (Å²) in [5, 5.41) is 0. The first-order valence-electron chi connectivity index (χ1n) is 4.99. The molecule has 0 atom stereocenters. The zero-order chi connectivity index (χ0) is 11.1. The average Bonchev–Trinajstić information content (AvgIpc) is 2.25. The van der Waals surface area contributed by atoms with Crippen LogP contribution in [-0.4, -0.2) is 13.1 Å². The molecule has 1 aromatic carbocycles. The summed E-state index contributed by atoms with van der Waals surface area (Å²) in [5.74, 6) is 0.552. The van der Waals surface area contributed by atoms with Gasteiger partial charge in [-0.25, -0.2) is 4.79 Å².